The van der Waals surface area contributed by atoms with Gasteiger partial charge in [-0.2, -0.15) is 0 Å². The zero-order valence-electron chi connectivity index (χ0n) is 12.7. The molecule has 6 heteroatoms. The van der Waals surface area contributed by atoms with Crippen LogP contribution in [0.3, 0.4) is 0 Å². The molecule has 4 nitrogen and oxygen atoms in total. The van der Waals surface area contributed by atoms with E-state index in [0.717, 1.165) is 14.7 Å². The number of carbonyl (C=O) groups excluding carboxylic acids is 1. The minimum Gasteiger partial charge on any atom is -0.271 e. The van der Waals surface area contributed by atoms with E-state index < -0.39 is 0 Å². The van der Waals surface area contributed by atoms with Gasteiger partial charge in [-0.1, -0.05) is 6.07 Å². The van der Waals surface area contributed by atoms with Crippen molar-refractivity contribution in [2.24, 2.45) is 0 Å². The monoisotopic (exact) mass is 426 g/mol. The number of hydrogen-bond donors (Lipinski definition) is 0. The lowest BCUT2D eigenvalue weighted by atomic mass is 9.94. The van der Waals surface area contributed by atoms with Gasteiger partial charge in [-0.25, -0.2) is 9.45 Å². The Morgan fingerprint density at radius 1 is 1.35 bits per heavy atom. The summed E-state index contributed by atoms with van der Waals surface area (Å²) in [5.41, 5.74) is 2.78. The van der Waals surface area contributed by atoms with Gasteiger partial charge in [0.2, 0.25) is 0 Å². The van der Waals surface area contributed by atoms with Crippen molar-refractivity contribution in [2.75, 3.05) is 13.2 Å². The Labute approximate surface area is 147 Å². The molecule has 0 saturated carbocycles. The summed E-state index contributed by atoms with van der Waals surface area (Å²) in [5, 5.41) is 1.39. The van der Waals surface area contributed by atoms with Gasteiger partial charge in [0.1, 0.15) is 5.82 Å². The second-order valence-corrected chi connectivity index (χ2v) is 6.57. The Morgan fingerprint density at radius 2 is 2.17 bits per heavy atom. The number of benzene rings is 1. The number of halogens is 2. The van der Waals surface area contributed by atoms with Crippen LogP contribution in [0.15, 0.2) is 30.6 Å². The summed E-state index contributed by atoms with van der Waals surface area (Å²) in [6.45, 7) is 2.80. The molecule has 3 rings (SSSR count). The number of carbonyl (C=O) groups is 1. The van der Waals surface area contributed by atoms with Crippen LogP contribution in [0.5, 0.6) is 0 Å². The summed E-state index contributed by atoms with van der Waals surface area (Å²) in [6.07, 6.45) is 4.38. The Morgan fingerprint density at radius 3 is 2.91 bits per heavy atom. The maximum absolute atomic E-state index is 14.1. The van der Waals surface area contributed by atoms with E-state index >= 15 is 0 Å². The van der Waals surface area contributed by atoms with E-state index in [-0.39, 0.29) is 11.7 Å². The number of hydrogen-bond acceptors (Lipinski definition) is 3. The van der Waals surface area contributed by atoms with Gasteiger partial charge < -0.3 is 0 Å². The molecule has 1 aliphatic heterocycles. The molecular weight excluding hydrogens is 410 g/mol. The molecule has 0 spiro atoms. The molecule has 0 bridgehead atoms. The summed E-state index contributed by atoms with van der Waals surface area (Å²) in [6, 6.07) is 5.10. The van der Waals surface area contributed by atoms with E-state index in [2.05, 4.69) is 27.6 Å². The molecule has 0 saturated heterocycles. The number of fused-ring (bicyclic) bond motifs is 1. The molecule has 0 aliphatic carbocycles. The summed E-state index contributed by atoms with van der Waals surface area (Å²) in [4.78, 5) is 22.2. The molecular formula is C17H16FIN2O2. The van der Waals surface area contributed by atoms with Crippen molar-refractivity contribution in [1.82, 2.24) is 10.0 Å². The van der Waals surface area contributed by atoms with Gasteiger partial charge in [-0.15, -0.1) is 0 Å². The number of rotatable bonds is 4. The highest BCUT2D eigenvalue weighted by atomic mass is 127. The lowest BCUT2D eigenvalue weighted by molar-refractivity contribution is -0.120. The molecule has 0 atom stereocenters. The molecule has 0 radical (unpaired) electrons. The van der Waals surface area contributed by atoms with Crippen LogP contribution in [-0.4, -0.2) is 29.1 Å². The number of pyridine rings is 1. The SMILES string of the molecule is CCON1CCc2cncc(Cc3ccc(I)cc3F)c2C1=O. The Balaban J connectivity index is 1.97. The van der Waals surface area contributed by atoms with E-state index in [1.165, 1.54) is 11.1 Å². The van der Waals surface area contributed by atoms with Crippen LogP contribution in [0.4, 0.5) is 4.39 Å². The molecule has 120 valence electrons. The Hall–Kier alpha value is -1.54. The highest BCUT2D eigenvalue weighted by Gasteiger charge is 2.28. The van der Waals surface area contributed by atoms with E-state index in [1.807, 2.05) is 13.0 Å². The largest absolute Gasteiger partial charge is 0.278 e. The summed E-state index contributed by atoms with van der Waals surface area (Å²) >= 11 is 2.07. The van der Waals surface area contributed by atoms with E-state index in [4.69, 9.17) is 4.84 Å². The van der Waals surface area contributed by atoms with Gasteiger partial charge in [0.25, 0.3) is 5.91 Å². The quantitative estimate of drug-likeness (QED) is 0.705. The Kier molecular flexibility index (Phi) is 4.91. The predicted molar refractivity (Wildman–Crippen MR) is 92.5 cm³/mol. The van der Waals surface area contributed by atoms with Crippen LogP contribution < -0.4 is 0 Å². The zero-order valence-corrected chi connectivity index (χ0v) is 14.8. The normalized spacial score (nSPS) is 14.0. The van der Waals surface area contributed by atoms with Gasteiger partial charge in [-0.05, 0) is 64.8 Å². The van der Waals surface area contributed by atoms with E-state index in [1.54, 1.807) is 18.5 Å². The average Bonchev–Trinajstić information content (AvgIpc) is 2.53. The highest BCUT2D eigenvalue weighted by Crippen LogP contribution is 2.25. The van der Waals surface area contributed by atoms with E-state index in [9.17, 15) is 9.18 Å². The first kappa shape index (κ1) is 16.3. The first-order valence-corrected chi connectivity index (χ1v) is 8.52. The van der Waals surface area contributed by atoms with Crippen LogP contribution in [0.1, 0.15) is 34.0 Å². The van der Waals surface area contributed by atoms with Gasteiger partial charge in [0, 0.05) is 22.4 Å². The van der Waals surface area contributed by atoms with Crippen LogP contribution in [0.2, 0.25) is 0 Å². The maximum atomic E-state index is 14.1. The number of hydroxylamine groups is 2. The molecule has 2 aromatic rings. The van der Waals surface area contributed by atoms with Crippen molar-refractivity contribution >= 4 is 28.5 Å². The van der Waals surface area contributed by atoms with Gasteiger partial charge in [0.15, 0.2) is 0 Å². The van der Waals surface area contributed by atoms with Crippen molar-refractivity contribution in [1.29, 1.82) is 0 Å². The fraction of sp³-hybridized carbons (Fsp3) is 0.294. The summed E-state index contributed by atoms with van der Waals surface area (Å²) < 4.78 is 15.0. The summed E-state index contributed by atoms with van der Waals surface area (Å²) in [7, 11) is 0. The van der Waals surface area contributed by atoms with Crippen molar-refractivity contribution in [3.63, 3.8) is 0 Å². The predicted octanol–water partition coefficient (Wildman–Crippen LogP) is 3.37. The van der Waals surface area contributed by atoms with Gasteiger partial charge in [-0.3, -0.25) is 14.6 Å². The lowest BCUT2D eigenvalue weighted by Crippen LogP contribution is -2.38. The molecule has 0 N–H and O–H groups in total. The molecule has 2 heterocycles. The fourth-order valence-corrected chi connectivity index (χ4v) is 3.20. The first-order valence-electron chi connectivity index (χ1n) is 7.44. The lowest BCUT2D eigenvalue weighted by Gasteiger charge is -2.28. The number of amides is 1. The third-order valence-corrected chi connectivity index (χ3v) is 4.48. The zero-order chi connectivity index (χ0) is 16.4. The standard InChI is InChI=1S/C17H16FIN2O2/c1-2-23-21-6-5-12-9-20-10-13(16(12)17(21)22)7-11-3-4-14(19)8-15(11)18/h3-4,8-10H,2,5-7H2,1H3. The van der Waals surface area contributed by atoms with Crippen molar-refractivity contribution in [3.8, 4) is 0 Å². The van der Waals surface area contributed by atoms with Crippen molar-refractivity contribution in [2.45, 2.75) is 19.8 Å². The summed E-state index contributed by atoms with van der Waals surface area (Å²) in [5.74, 6) is -0.434. The Bertz CT molecular complexity index is 751. The van der Waals surface area contributed by atoms with Gasteiger partial charge >= 0.3 is 0 Å². The topological polar surface area (TPSA) is 42.4 Å². The molecule has 1 aromatic carbocycles. The molecule has 0 unspecified atom stereocenters. The third kappa shape index (κ3) is 3.37. The van der Waals surface area contributed by atoms with Crippen molar-refractivity contribution < 1.29 is 14.0 Å². The fourth-order valence-electron chi connectivity index (χ4n) is 2.75. The minimum absolute atomic E-state index is 0.170. The van der Waals surface area contributed by atoms with Crippen LogP contribution in [0, 0.1) is 9.39 Å². The second-order valence-electron chi connectivity index (χ2n) is 5.32. The number of aromatic nitrogens is 1. The molecule has 1 aliphatic rings. The van der Waals surface area contributed by atoms with Crippen LogP contribution in [-0.2, 0) is 17.7 Å². The molecule has 23 heavy (non-hydrogen) atoms. The molecule has 1 amide bonds. The van der Waals surface area contributed by atoms with Crippen LogP contribution in [0.25, 0.3) is 0 Å². The van der Waals surface area contributed by atoms with Gasteiger partial charge in [0.05, 0.1) is 18.7 Å². The molecule has 0 fully saturated rings. The maximum Gasteiger partial charge on any atom is 0.278 e. The third-order valence-electron chi connectivity index (χ3n) is 3.81. The highest BCUT2D eigenvalue weighted by molar-refractivity contribution is 14.1. The minimum atomic E-state index is -0.264. The smallest absolute Gasteiger partial charge is 0.271 e. The molecule has 1 aromatic heterocycles. The van der Waals surface area contributed by atoms with Crippen molar-refractivity contribution in [3.05, 3.63) is 62.2 Å². The van der Waals surface area contributed by atoms with Crippen LogP contribution >= 0.6 is 22.6 Å². The first-order chi connectivity index (χ1) is 11.1. The second kappa shape index (κ2) is 6.92. The van der Waals surface area contributed by atoms with E-state index in [0.29, 0.717) is 37.1 Å². The average molecular weight is 426 g/mol. The number of nitrogens with zero attached hydrogens (tertiary/aromatic N) is 2.